The lowest BCUT2D eigenvalue weighted by Crippen LogP contribution is -2.37. The summed E-state index contributed by atoms with van der Waals surface area (Å²) >= 11 is 5.81. The summed E-state index contributed by atoms with van der Waals surface area (Å²) in [7, 11) is 1.51. The van der Waals surface area contributed by atoms with Crippen LogP contribution in [0.4, 0.5) is 4.39 Å². The fourth-order valence-electron chi connectivity index (χ4n) is 1.36. The molecule has 0 aromatic heterocycles. The molecule has 1 aliphatic carbocycles. The van der Waals surface area contributed by atoms with Crippen molar-refractivity contribution in [2.75, 3.05) is 7.11 Å². The summed E-state index contributed by atoms with van der Waals surface area (Å²) in [5.74, 6) is 0. The molecule has 0 N–H and O–H groups in total. The molecular weight excluding hydrogens is 155 g/mol. The van der Waals surface area contributed by atoms with E-state index in [1.54, 1.807) is 0 Å². The van der Waals surface area contributed by atoms with Gasteiger partial charge in [0.05, 0.1) is 5.38 Å². The van der Waals surface area contributed by atoms with Crippen molar-refractivity contribution in [3.05, 3.63) is 0 Å². The molecule has 0 amide bonds. The van der Waals surface area contributed by atoms with Crippen LogP contribution < -0.4 is 0 Å². The van der Waals surface area contributed by atoms with Gasteiger partial charge >= 0.3 is 0 Å². The van der Waals surface area contributed by atoms with Gasteiger partial charge in [-0.05, 0) is 19.3 Å². The third-order valence-corrected chi connectivity index (χ3v) is 2.41. The molecule has 1 saturated carbocycles. The molecule has 60 valence electrons. The Balaban J connectivity index is 2.45. The summed E-state index contributed by atoms with van der Waals surface area (Å²) in [5, 5.41) is -0.131. The van der Waals surface area contributed by atoms with Crippen LogP contribution >= 0.6 is 11.6 Å². The van der Waals surface area contributed by atoms with Gasteiger partial charge in [0.2, 0.25) is 0 Å². The quantitative estimate of drug-likeness (QED) is 0.543. The SMILES string of the molecule is COC1C(F)CCCC1Cl. The van der Waals surface area contributed by atoms with Crippen molar-refractivity contribution in [1.29, 1.82) is 0 Å². The number of hydrogen-bond donors (Lipinski definition) is 0. The van der Waals surface area contributed by atoms with E-state index < -0.39 is 6.17 Å². The predicted octanol–water partition coefficient (Wildman–Crippen LogP) is 2.13. The van der Waals surface area contributed by atoms with Crippen molar-refractivity contribution in [3.8, 4) is 0 Å². The molecule has 0 aromatic rings. The van der Waals surface area contributed by atoms with Crippen LogP contribution in [0.25, 0.3) is 0 Å². The molecule has 3 heteroatoms. The predicted molar refractivity (Wildman–Crippen MR) is 39.2 cm³/mol. The molecule has 1 nitrogen and oxygen atoms in total. The Kier molecular flexibility index (Phi) is 2.93. The maximum atomic E-state index is 12.9. The summed E-state index contributed by atoms with van der Waals surface area (Å²) in [6, 6.07) is 0. The zero-order valence-electron chi connectivity index (χ0n) is 6.02. The molecule has 0 spiro atoms. The van der Waals surface area contributed by atoms with Gasteiger partial charge in [0, 0.05) is 7.11 Å². The van der Waals surface area contributed by atoms with Gasteiger partial charge in [-0.1, -0.05) is 0 Å². The number of halogens is 2. The van der Waals surface area contributed by atoms with Crippen LogP contribution in [0.2, 0.25) is 0 Å². The van der Waals surface area contributed by atoms with Crippen molar-refractivity contribution in [3.63, 3.8) is 0 Å². The molecule has 1 aliphatic rings. The van der Waals surface area contributed by atoms with E-state index in [0.717, 1.165) is 12.8 Å². The Labute approximate surface area is 65.5 Å². The van der Waals surface area contributed by atoms with Gasteiger partial charge in [0.1, 0.15) is 12.3 Å². The maximum Gasteiger partial charge on any atom is 0.128 e. The first-order valence-electron chi connectivity index (χ1n) is 3.56. The first-order valence-corrected chi connectivity index (χ1v) is 4.00. The molecule has 0 aromatic carbocycles. The fourth-order valence-corrected chi connectivity index (χ4v) is 1.77. The zero-order valence-corrected chi connectivity index (χ0v) is 6.77. The summed E-state index contributed by atoms with van der Waals surface area (Å²) in [6.07, 6.45) is 1.12. The standard InChI is InChI=1S/C7H12ClFO/c1-10-7-5(8)3-2-4-6(7)9/h5-7H,2-4H2,1H3. The third-order valence-electron chi connectivity index (χ3n) is 1.94. The van der Waals surface area contributed by atoms with Crippen LogP contribution in [0.5, 0.6) is 0 Å². The second-order valence-electron chi connectivity index (χ2n) is 2.66. The van der Waals surface area contributed by atoms with Gasteiger partial charge in [-0.25, -0.2) is 4.39 Å². The highest BCUT2D eigenvalue weighted by atomic mass is 35.5. The van der Waals surface area contributed by atoms with Gasteiger partial charge < -0.3 is 4.74 Å². The molecule has 0 radical (unpaired) electrons. The molecule has 1 fully saturated rings. The average Bonchev–Trinajstić information content (AvgIpc) is 1.88. The normalized spacial score (nSPS) is 41.7. The molecule has 10 heavy (non-hydrogen) atoms. The van der Waals surface area contributed by atoms with Crippen LogP contribution in [-0.2, 0) is 4.74 Å². The van der Waals surface area contributed by atoms with E-state index in [1.807, 2.05) is 0 Å². The molecule has 3 unspecified atom stereocenters. The Morgan fingerprint density at radius 1 is 1.50 bits per heavy atom. The minimum Gasteiger partial charge on any atom is -0.377 e. The van der Waals surface area contributed by atoms with Crippen molar-refractivity contribution in [1.82, 2.24) is 0 Å². The topological polar surface area (TPSA) is 9.23 Å². The number of methoxy groups -OCH3 is 1. The lowest BCUT2D eigenvalue weighted by Gasteiger charge is -2.28. The smallest absolute Gasteiger partial charge is 0.128 e. The Morgan fingerprint density at radius 3 is 2.60 bits per heavy atom. The molecule has 0 bridgehead atoms. The van der Waals surface area contributed by atoms with E-state index in [9.17, 15) is 4.39 Å². The van der Waals surface area contributed by atoms with Crippen LogP contribution in [0.1, 0.15) is 19.3 Å². The van der Waals surface area contributed by atoms with Crippen molar-refractivity contribution >= 4 is 11.6 Å². The van der Waals surface area contributed by atoms with Crippen molar-refractivity contribution in [2.45, 2.75) is 36.9 Å². The van der Waals surface area contributed by atoms with E-state index in [2.05, 4.69) is 0 Å². The molecule has 0 saturated heterocycles. The number of alkyl halides is 2. The fraction of sp³-hybridized carbons (Fsp3) is 1.00. The lowest BCUT2D eigenvalue weighted by molar-refractivity contribution is 0.00902. The Hall–Kier alpha value is 0.180. The zero-order chi connectivity index (χ0) is 7.56. The second-order valence-corrected chi connectivity index (χ2v) is 3.22. The third kappa shape index (κ3) is 1.61. The summed E-state index contributed by atoms with van der Waals surface area (Å²) < 4.78 is 17.8. The van der Waals surface area contributed by atoms with Crippen molar-refractivity contribution < 1.29 is 9.13 Å². The summed E-state index contributed by atoms with van der Waals surface area (Å²) in [6.45, 7) is 0. The molecule has 1 rings (SSSR count). The molecule has 3 atom stereocenters. The lowest BCUT2D eigenvalue weighted by atomic mass is 9.95. The van der Waals surface area contributed by atoms with E-state index in [4.69, 9.17) is 16.3 Å². The van der Waals surface area contributed by atoms with Crippen LogP contribution in [0.3, 0.4) is 0 Å². The first kappa shape index (κ1) is 8.28. The highest BCUT2D eigenvalue weighted by Crippen LogP contribution is 2.27. The van der Waals surface area contributed by atoms with Gasteiger partial charge in [-0.15, -0.1) is 11.6 Å². The number of rotatable bonds is 1. The highest BCUT2D eigenvalue weighted by Gasteiger charge is 2.31. The Morgan fingerprint density at radius 2 is 2.20 bits per heavy atom. The van der Waals surface area contributed by atoms with Crippen molar-refractivity contribution in [2.24, 2.45) is 0 Å². The van der Waals surface area contributed by atoms with Gasteiger partial charge in [0.15, 0.2) is 0 Å². The number of hydrogen-bond acceptors (Lipinski definition) is 1. The minimum absolute atomic E-state index is 0.131. The van der Waals surface area contributed by atoms with Gasteiger partial charge in [-0.3, -0.25) is 0 Å². The monoisotopic (exact) mass is 166 g/mol. The minimum atomic E-state index is -0.860. The van der Waals surface area contributed by atoms with E-state index >= 15 is 0 Å². The van der Waals surface area contributed by atoms with Gasteiger partial charge in [0.25, 0.3) is 0 Å². The highest BCUT2D eigenvalue weighted by molar-refractivity contribution is 6.21. The maximum absolute atomic E-state index is 12.9. The molecule has 0 aliphatic heterocycles. The van der Waals surface area contributed by atoms with Crippen LogP contribution in [0, 0.1) is 0 Å². The van der Waals surface area contributed by atoms with E-state index in [0.29, 0.717) is 6.42 Å². The Bertz CT molecular complexity index is 99.8. The second kappa shape index (κ2) is 3.54. The van der Waals surface area contributed by atoms with Crippen LogP contribution in [-0.4, -0.2) is 24.8 Å². The average molecular weight is 167 g/mol. The summed E-state index contributed by atoms with van der Waals surface area (Å²) in [5.41, 5.74) is 0. The molecule has 0 heterocycles. The largest absolute Gasteiger partial charge is 0.377 e. The molecular formula is C7H12ClFO. The van der Waals surface area contributed by atoms with Crippen LogP contribution in [0.15, 0.2) is 0 Å². The summed E-state index contributed by atoms with van der Waals surface area (Å²) in [4.78, 5) is 0. The number of ether oxygens (including phenoxy) is 1. The first-order chi connectivity index (χ1) is 4.75. The van der Waals surface area contributed by atoms with Gasteiger partial charge in [-0.2, -0.15) is 0 Å². The van der Waals surface area contributed by atoms with E-state index in [-0.39, 0.29) is 11.5 Å². The van der Waals surface area contributed by atoms with E-state index in [1.165, 1.54) is 7.11 Å².